The van der Waals surface area contributed by atoms with Gasteiger partial charge in [0.25, 0.3) is 0 Å². The summed E-state index contributed by atoms with van der Waals surface area (Å²) in [7, 11) is 0. The van der Waals surface area contributed by atoms with Crippen molar-refractivity contribution in [1.29, 1.82) is 0 Å². The number of thioether (sulfide) groups is 1. The topological polar surface area (TPSA) is 69.4 Å². The lowest BCUT2D eigenvalue weighted by Crippen LogP contribution is -2.00. The van der Waals surface area contributed by atoms with Gasteiger partial charge in [-0.3, -0.25) is 0 Å². The molecule has 0 N–H and O–H groups in total. The maximum absolute atomic E-state index is 6.07. The molecule has 2 aromatic heterocycles. The normalized spacial score (nSPS) is 10.9. The zero-order chi connectivity index (χ0) is 22.5. The number of hydrogen-bond donors (Lipinski definition) is 0. The van der Waals surface area contributed by atoms with Crippen molar-refractivity contribution < 1.29 is 0 Å². The predicted octanol–water partition coefficient (Wildman–Crippen LogP) is 5.79. The Morgan fingerprint density at radius 1 is 0.758 bits per heavy atom. The van der Waals surface area contributed by atoms with Crippen LogP contribution in [-0.2, 0) is 12.3 Å². The van der Waals surface area contributed by atoms with Crippen molar-refractivity contribution >= 4 is 23.4 Å². The van der Waals surface area contributed by atoms with Gasteiger partial charge in [0.05, 0.1) is 12.2 Å². The molecule has 2 heterocycles. The summed E-state index contributed by atoms with van der Waals surface area (Å²) in [5.41, 5.74) is 5.47. The van der Waals surface area contributed by atoms with E-state index in [1.54, 1.807) is 4.68 Å². The molecular weight excluding hydrogens is 452 g/mol. The summed E-state index contributed by atoms with van der Waals surface area (Å²) in [6.45, 7) is 0.611. The molecule has 5 rings (SSSR count). The van der Waals surface area contributed by atoms with Crippen molar-refractivity contribution in [3.05, 3.63) is 107 Å². The van der Waals surface area contributed by atoms with Crippen LogP contribution in [0.2, 0.25) is 5.02 Å². The standard InChI is InChI=1S/C25H19ClN6S/c26-21-13-7-8-18(14-21)15-32-16-22(28-31-32)17-33-25-27-23(19-9-3-1-4-10-19)24(29-30-25)20-11-5-2-6-12-20/h1-14,16H,15,17H2. The molecule has 0 atom stereocenters. The Bertz CT molecular complexity index is 1360. The van der Waals surface area contributed by atoms with Crippen molar-refractivity contribution in [1.82, 2.24) is 30.2 Å². The summed E-state index contributed by atoms with van der Waals surface area (Å²) >= 11 is 7.56. The number of benzene rings is 3. The lowest BCUT2D eigenvalue weighted by molar-refractivity contribution is 0.649. The van der Waals surface area contributed by atoms with E-state index in [2.05, 4.69) is 20.5 Å². The van der Waals surface area contributed by atoms with Crippen LogP contribution in [0.15, 0.2) is 96.3 Å². The minimum absolute atomic E-state index is 0.593. The van der Waals surface area contributed by atoms with E-state index in [1.165, 1.54) is 11.8 Å². The van der Waals surface area contributed by atoms with E-state index in [0.717, 1.165) is 33.8 Å². The molecule has 0 radical (unpaired) electrons. The van der Waals surface area contributed by atoms with Crippen LogP contribution in [0.25, 0.3) is 22.5 Å². The van der Waals surface area contributed by atoms with E-state index >= 15 is 0 Å². The molecule has 0 saturated heterocycles. The fourth-order valence-electron chi connectivity index (χ4n) is 3.40. The zero-order valence-corrected chi connectivity index (χ0v) is 19.1. The first-order valence-electron chi connectivity index (χ1n) is 10.4. The Hall–Kier alpha value is -3.55. The lowest BCUT2D eigenvalue weighted by Gasteiger charge is -2.09. The van der Waals surface area contributed by atoms with Crippen LogP contribution in [0, 0.1) is 0 Å². The van der Waals surface area contributed by atoms with Gasteiger partial charge in [-0.1, -0.05) is 101 Å². The van der Waals surface area contributed by atoms with Crippen molar-refractivity contribution in [2.45, 2.75) is 17.5 Å². The van der Waals surface area contributed by atoms with E-state index in [9.17, 15) is 0 Å². The molecule has 0 aliphatic carbocycles. The number of nitrogens with zero attached hydrogens (tertiary/aromatic N) is 6. The summed E-state index contributed by atoms with van der Waals surface area (Å²) in [4.78, 5) is 4.84. The minimum atomic E-state index is 0.593. The van der Waals surface area contributed by atoms with E-state index in [1.807, 2.05) is 91.1 Å². The number of hydrogen-bond acceptors (Lipinski definition) is 6. The molecule has 6 nitrogen and oxygen atoms in total. The summed E-state index contributed by atoms with van der Waals surface area (Å²) in [6, 6.07) is 27.8. The lowest BCUT2D eigenvalue weighted by atomic mass is 10.0. The van der Waals surface area contributed by atoms with E-state index in [0.29, 0.717) is 22.5 Å². The fraction of sp³-hybridized carbons (Fsp3) is 0.0800. The predicted molar refractivity (Wildman–Crippen MR) is 131 cm³/mol. The number of rotatable bonds is 7. The maximum Gasteiger partial charge on any atom is 0.210 e. The average Bonchev–Trinajstić information content (AvgIpc) is 3.31. The molecule has 0 fully saturated rings. The molecule has 3 aromatic carbocycles. The highest BCUT2D eigenvalue weighted by molar-refractivity contribution is 7.98. The molecule has 0 saturated carbocycles. The van der Waals surface area contributed by atoms with Gasteiger partial charge in [0.1, 0.15) is 11.4 Å². The van der Waals surface area contributed by atoms with Crippen LogP contribution >= 0.6 is 23.4 Å². The van der Waals surface area contributed by atoms with Gasteiger partial charge in [0, 0.05) is 28.1 Å². The van der Waals surface area contributed by atoms with E-state index in [-0.39, 0.29) is 0 Å². The molecular formula is C25H19ClN6S. The molecule has 0 bridgehead atoms. The van der Waals surface area contributed by atoms with Crippen LogP contribution in [0.5, 0.6) is 0 Å². The molecule has 33 heavy (non-hydrogen) atoms. The third-order valence-corrected chi connectivity index (χ3v) is 6.04. The van der Waals surface area contributed by atoms with Gasteiger partial charge in [0.15, 0.2) is 0 Å². The molecule has 8 heteroatoms. The second kappa shape index (κ2) is 9.94. The third kappa shape index (κ3) is 5.27. The largest absolute Gasteiger partial charge is 0.248 e. The quantitative estimate of drug-likeness (QED) is 0.280. The molecule has 5 aromatic rings. The second-order valence-electron chi connectivity index (χ2n) is 7.35. The van der Waals surface area contributed by atoms with Crippen LogP contribution < -0.4 is 0 Å². The van der Waals surface area contributed by atoms with Gasteiger partial charge in [-0.25, -0.2) is 9.67 Å². The molecule has 0 unspecified atom stereocenters. The van der Waals surface area contributed by atoms with Crippen molar-refractivity contribution in [2.75, 3.05) is 0 Å². The van der Waals surface area contributed by atoms with Crippen molar-refractivity contribution in [3.63, 3.8) is 0 Å². The maximum atomic E-state index is 6.07. The average molecular weight is 471 g/mol. The summed E-state index contributed by atoms with van der Waals surface area (Å²) in [6.07, 6.45) is 1.93. The number of halogens is 1. The van der Waals surface area contributed by atoms with E-state index in [4.69, 9.17) is 16.6 Å². The number of aromatic nitrogens is 6. The highest BCUT2D eigenvalue weighted by atomic mass is 35.5. The van der Waals surface area contributed by atoms with Gasteiger partial charge in [-0.2, -0.15) is 0 Å². The molecule has 0 aliphatic rings. The first-order valence-corrected chi connectivity index (χ1v) is 11.7. The van der Waals surface area contributed by atoms with Crippen molar-refractivity contribution in [2.24, 2.45) is 0 Å². The van der Waals surface area contributed by atoms with E-state index < -0.39 is 0 Å². The Balaban J connectivity index is 1.35. The van der Waals surface area contributed by atoms with Gasteiger partial charge < -0.3 is 0 Å². The van der Waals surface area contributed by atoms with Crippen LogP contribution in [0.1, 0.15) is 11.3 Å². The Morgan fingerprint density at radius 2 is 1.48 bits per heavy atom. The summed E-state index contributed by atoms with van der Waals surface area (Å²) in [5.74, 6) is 0.593. The SMILES string of the molecule is Clc1cccc(Cn2cc(CSc3nnc(-c4ccccc4)c(-c4ccccc4)n3)nn2)c1. The van der Waals surface area contributed by atoms with Gasteiger partial charge >= 0.3 is 0 Å². The minimum Gasteiger partial charge on any atom is -0.248 e. The summed E-state index contributed by atoms with van der Waals surface area (Å²) in [5, 5.41) is 18.7. The molecule has 162 valence electrons. The second-order valence-corrected chi connectivity index (χ2v) is 8.73. The first-order chi connectivity index (χ1) is 16.2. The van der Waals surface area contributed by atoms with Crippen molar-refractivity contribution in [3.8, 4) is 22.5 Å². The highest BCUT2D eigenvalue weighted by Gasteiger charge is 2.14. The van der Waals surface area contributed by atoms with Gasteiger partial charge in [-0.15, -0.1) is 15.3 Å². The fourth-order valence-corrected chi connectivity index (χ4v) is 4.28. The van der Waals surface area contributed by atoms with Gasteiger partial charge in [-0.05, 0) is 17.7 Å². The highest BCUT2D eigenvalue weighted by Crippen LogP contribution is 2.30. The summed E-state index contributed by atoms with van der Waals surface area (Å²) < 4.78 is 1.80. The molecule has 0 amide bonds. The van der Waals surface area contributed by atoms with Crippen LogP contribution in [0.3, 0.4) is 0 Å². The third-order valence-electron chi connectivity index (χ3n) is 4.93. The Morgan fingerprint density at radius 3 is 2.21 bits per heavy atom. The molecule has 0 spiro atoms. The van der Waals surface area contributed by atoms with Crippen LogP contribution in [-0.4, -0.2) is 30.2 Å². The molecule has 0 aliphatic heterocycles. The first kappa shape index (κ1) is 21.3. The smallest absolute Gasteiger partial charge is 0.210 e. The van der Waals surface area contributed by atoms with Gasteiger partial charge in [0.2, 0.25) is 5.16 Å². The van der Waals surface area contributed by atoms with Crippen LogP contribution in [0.4, 0.5) is 0 Å². The Kier molecular flexibility index (Phi) is 6.41. The Labute approximate surface area is 200 Å². The monoisotopic (exact) mass is 470 g/mol. The zero-order valence-electron chi connectivity index (χ0n) is 17.5.